The summed E-state index contributed by atoms with van der Waals surface area (Å²) in [7, 11) is 0. The Balaban J connectivity index is 1.94. The standard InChI is InChI=1S/C17H17F3N2O/c18-17(19,20)15-8-7-14(21)10-22(15)16(23)13-6-5-11-3-1-2-4-12(11)9-13/h1-6,9,14-15H,7-8,10,21H2. The summed E-state index contributed by atoms with van der Waals surface area (Å²) in [6, 6.07) is 10.2. The largest absolute Gasteiger partial charge is 0.408 e. The van der Waals surface area contributed by atoms with E-state index in [2.05, 4.69) is 0 Å². The number of halogens is 3. The lowest BCUT2D eigenvalue weighted by Gasteiger charge is -2.39. The Morgan fingerprint density at radius 3 is 2.48 bits per heavy atom. The molecular formula is C17H17F3N2O. The predicted molar refractivity (Wildman–Crippen MR) is 82.0 cm³/mol. The van der Waals surface area contributed by atoms with Crippen molar-refractivity contribution in [2.75, 3.05) is 6.54 Å². The van der Waals surface area contributed by atoms with E-state index in [1.54, 1.807) is 18.2 Å². The summed E-state index contributed by atoms with van der Waals surface area (Å²) < 4.78 is 39.6. The molecule has 1 aliphatic heterocycles. The molecule has 6 heteroatoms. The van der Waals surface area contributed by atoms with Gasteiger partial charge in [0.15, 0.2) is 0 Å². The van der Waals surface area contributed by atoms with Crippen LogP contribution in [0.4, 0.5) is 13.2 Å². The van der Waals surface area contributed by atoms with Gasteiger partial charge in [-0.05, 0) is 35.7 Å². The van der Waals surface area contributed by atoms with Gasteiger partial charge in [-0.1, -0.05) is 30.3 Å². The van der Waals surface area contributed by atoms with Crippen LogP contribution in [0.15, 0.2) is 42.5 Å². The Labute approximate surface area is 131 Å². The molecule has 0 aliphatic carbocycles. The molecule has 23 heavy (non-hydrogen) atoms. The van der Waals surface area contributed by atoms with E-state index in [1.165, 1.54) is 0 Å². The van der Waals surface area contributed by atoms with Crippen molar-refractivity contribution in [2.24, 2.45) is 5.73 Å². The van der Waals surface area contributed by atoms with Gasteiger partial charge in [0.05, 0.1) is 0 Å². The van der Waals surface area contributed by atoms with Crippen LogP contribution in [0.1, 0.15) is 23.2 Å². The second-order valence-electron chi connectivity index (χ2n) is 5.91. The maximum absolute atomic E-state index is 13.2. The second-order valence-corrected chi connectivity index (χ2v) is 5.91. The zero-order valence-corrected chi connectivity index (χ0v) is 12.4. The van der Waals surface area contributed by atoms with Crippen molar-refractivity contribution in [3.8, 4) is 0 Å². The highest BCUT2D eigenvalue weighted by Crippen LogP contribution is 2.32. The van der Waals surface area contributed by atoms with E-state index in [9.17, 15) is 18.0 Å². The van der Waals surface area contributed by atoms with Crippen LogP contribution in [0.3, 0.4) is 0 Å². The van der Waals surface area contributed by atoms with Gasteiger partial charge in [0, 0.05) is 18.2 Å². The third-order valence-corrected chi connectivity index (χ3v) is 4.25. The van der Waals surface area contributed by atoms with E-state index in [-0.39, 0.29) is 24.9 Å². The number of carbonyl (C=O) groups excluding carboxylic acids is 1. The maximum Gasteiger partial charge on any atom is 0.408 e. The molecule has 2 N–H and O–H groups in total. The molecule has 0 aromatic heterocycles. The van der Waals surface area contributed by atoms with Crippen molar-refractivity contribution in [3.05, 3.63) is 48.0 Å². The molecule has 1 heterocycles. The third-order valence-electron chi connectivity index (χ3n) is 4.25. The smallest absolute Gasteiger partial charge is 0.326 e. The molecule has 2 atom stereocenters. The molecule has 122 valence electrons. The lowest BCUT2D eigenvalue weighted by molar-refractivity contribution is -0.184. The number of benzene rings is 2. The average Bonchev–Trinajstić information content (AvgIpc) is 2.52. The van der Waals surface area contributed by atoms with Crippen molar-refractivity contribution in [3.63, 3.8) is 0 Å². The summed E-state index contributed by atoms with van der Waals surface area (Å²) in [6.45, 7) is -0.0736. The van der Waals surface area contributed by atoms with Crippen molar-refractivity contribution >= 4 is 16.7 Å². The van der Waals surface area contributed by atoms with Crippen LogP contribution in [0.5, 0.6) is 0 Å². The van der Waals surface area contributed by atoms with Gasteiger partial charge in [-0.25, -0.2) is 0 Å². The topological polar surface area (TPSA) is 46.3 Å². The van der Waals surface area contributed by atoms with E-state index >= 15 is 0 Å². The molecule has 1 aliphatic rings. The average molecular weight is 322 g/mol. The number of nitrogens with zero attached hydrogens (tertiary/aromatic N) is 1. The molecule has 0 spiro atoms. The summed E-state index contributed by atoms with van der Waals surface area (Å²) in [5.41, 5.74) is 6.03. The van der Waals surface area contributed by atoms with Crippen LogP contribution < -0.4 is 5.73 Å². The first-order valence-corrected chi connectivity index (χ1v) is 7.48. The fourth-order valence-corrected chi connectivity index (χ4v) is 3.05. The number of carbonyl (C=O) groups is 1. The van der Waals surface area contributed by atoms with Crippen LogP contribution in [-0.2, 0) is 0 Å². The van der Waals surface area contributed by atoms with E-state index in [1.807, 2.05) is 24.3 Å². The highest BCUT2D eigenvalue weighted by molar-refractivity contribution is 5.98. The van der Waals surface area contributed by atoms with Gasteiger partial charge in [-0.3, -0.25) is 4.79 Å². The quantitative estimate of drug-likeness (QED) is 0.875. The summed E-state index contributed by atoms with van der Waals surface area (Å²) in [5, 5.41) is 1.76. The lowest BCUT2D eigenvalue weighted by Crippen LogP contribution is -2.56. The zero-order valence-electron chi connectivity index (χ0n) is 12.4. The summed E-state index contributed by atoms with van der Waals surface area (Å²) in [5.74, 6) is -0.617. The fraction of sp³-hybridized carbons (Fsp3) is 0.353. The maximum atomic E-state index is 13.2. The van der Waals surface area contributed by atoms with Crippen molar-refractivity contribution in [1.82, 2.24) is 4.90 Å². The minimum atomic E-state index is -4.44. The Kier molecular flexibility index (Phi) is 4.02. The number of hydrogen-bond donors (Lipinski definition) is 1. The second kappa shape index (κ2) is 5.85. The number of nitrogens with two attached hydrogens (primary N) is 1. The number of amides is 1. The minimum absolute atomic E-state index is 0.0736. The van der Waals surface area contributed by atoms with Gasteiger partial charge in [0.25, 0.3) is 5.91 Å². The molecule has 2 aromatic rings. The predicted octanol–water partition coefficient (Wildman–Crippen LogP) is 3.33. The molecule has 0 bridgehead atoms. The van der Waals surface area contributed by atoms with Gasteiger partial charge in [-0.2, -0.15) is 13.2 Å². The van der Waals surface area contributed by atoms with Crippen LogP contribution in [0.2, 0.25) is 0 Å². The molecule has 1 saturated heterocycles. The summed E-state index contributed by atoms with van der Waals surface area (Å²) in [6.07, 6.45) is -4.32. The molecule has 3 nitrogen and oxygen atoms in total. The van der Waals surface area contributed by atoms with Crippen LogP contribution >= 0.6 is 0 Å². The number of hydrogen-bond acceptors (Lipinski definition) is 2. The Morgan fingerprint density at radius 1 is 1.09 bits per heavy atom. The molecule has 0 radical (unpaired) electrons. The molecule has 1 amide bonds. The van der Waals surface area contributed by atoms with Crippen LogP contribution in [-0.4, -0.2) is 35.6 Å². The minimum Gasteiger partial charge on any atom is -0.326 e. The van der Waals surface area contributed by atoms with Gasteiger partial charge >= 0.3 is 6.18 Å². The number of rotatable bonds is 1. The summed E-state index contributed by atoms with van der Waals surface area (Å²) >= 11 is 0. The Hall–Kier alpha value is -2.08. The fourth-order valence-electron chi connectivity index (χ4n) is 3.05. The van der Waals surface area contributed by atoms with Gasteiger partial charge in [-0.15, -0.1) is 0 Å². The zero-order chi connectivity index (χ0) is 16.6. The lowest BCUT2D eigenvalue weighted by atomic mass is 9.96. The molecule has 3 rings (SSSR count). The first-order chi connectivity index (χ1) is 10.9. The molecule has 1 fully saturated rings. The first-order valence-electron chi connectivity index (χ1n) is 7.48. The van der Waals surface area contributed by atoms with E-state index in [0.717, 1.165) is 15.7 Å². The third kappa shape index (κ3) is 3.17. The van der Waals surface area contributed by atoms with E-state index < -0.39 is 24.2 Å². The highest BCUT2D eigenvalue weighted by atomic mass is 19.4. The van der Waals surface area contributed by atoms with Gasteiger partial charge < -0.3 is 10.6 Å². The molecular weight excluding hydrogens is 305 g/mol. The van der Waals surface area contributed by atoms with Crippen molar-refractivity contribution < 1.29 is 18.0 Å². The molecule has 0 saturated carbocycles. The van der Waals surface area contributed by atoms with Crippen molar-refractivity contribution in [2.45, 2.75) is 31.1 Å². The highest BCUT2D eigenvalue weighted by Gasteiger charge is 2.47. The monoisotopic (exact) mass is 322 g/mol. The summed E-state index contributed by atoms with van der Waals surface area (Å²) in [4.78, 5) is 13.5. The normalized spacial score (nSPS) is 22.3. The van der Waals surface area contributed by atoms with Crippen LogP contribution in [0.25, 0.3) is 10.8 Å². The Morgan fingerprint density at radius 2 is 1.78 bits per heavy atom. The number of alkyl halides is 3. The Bertz CT molecular complexity index is 729. The number of likely N-dealkylation sites (tertiary alicyclic amines) is 1. The number of piperidine rings is 1. The van der Waals surface area contributed by atoms with Gasteiger partial charge in [0.1, 0.15) is 6.04 Å². The van der Waals surface area contributed by atoms with E-state index in [0.29, 0.717) is 0 Å². The SMILES string of the molecule is NC1CCC(C(F)(F)F)N(C(=O)c2ccc3ccccc3c2)C1. The van der Waals surface area contributed by atoms with Gasteiger partial charge in [0.2, 0.25) is 0 Å². The van der Waals surface area contributed by atoms with E-state index in [4.69, 9.17) is 5.73 Å². The number of fused-ring (bicyclic) bond motifs is 1. The van der Waals surface area contributed by atoms with Crippen LogP contribution in [0, 0.1) is 0 Å². The molecule has 2 aromatic carbocycles. The molecule has 2 unspecified atom stereocenters. The first kappa shape index (κ1) is 15.8. The van der Waals surface area contributed by atoms with Crippen molar-refractivity contribution in [1.29, 1.82) is 0 Å².